The van der Waals surface area contributed by atoms with E-state index in [0.29, 0.717) is 5.92 Å². The molecule has 1 saturated carbocycles. The van der Waals surface area contributed by atoms with E-state index in [1.165, 1.54) is 6.42 Å². The van der Waals surface area contributed by atoms with Crippen LogP contribution in [-0.4, -0.2) is 24.4 Å². The molecule has 0 aliphatic heterocycles. The van der Waals surface area contributed by atoms with Gasteiger partial charge in [-0.05, 0) is 42.4 Å². The van der Waals surface area contributed by atoms with E-state index in [0.717, 1.165) is 22.9 Å². The number of rotatable bonds is 7. The van der Waals surface area contributed by atoms with Crippen LogP contribution in [0.2, 0.25) is 0 Å². The van der Waals surface area contributed by atoms with Crippen molar-refractivity contribution in [2.75, 3.05) is 6.54 Å². The number of nitrogens with two attached hydrogens (primary N) is 1. The van der Waals surface area contributed by atoms with E-state index in [1.54, 1.807) is 0 Å². The molecule has 2 amide bonds. The van der Waals surface area contributed by atoms with Gasteiger partial charge in [-0.15, -0.1) is 12.4 Å². The molecule has 7 heteroatoms. The van der Waals surface area contributed by atoms with Crippen molar-refractivity contribution in [3.05, 3.63) is 34.3 Å². The van der Waals surface area contributed by atoms with Gasteiger partial charge in [-0.3, -0.25) is 9.59 Å². The van der Waals surface area contributed by atoms with Crippen molar-refractivity contribution in [2.24, 2.45) is 17.6 Å². The number of nitrogens with one attached hydrogen (secondary N) is 2. The first-order chi connectivity index (χ1) is 11.4. The van der Waals surface area contributed by atoms with Gasteiger partial charge in [0.2, 0.25) is 11.8 Å². The summed E-state index contributed by atoms with van der Waals surface area (Å²) in [5.41, 5.74) is 6.88. The normalized spacial score (nSPS) is 16.4. The van der Waals surface area contributed by atoms with Crippen LogP contribution in [0.15, 0.2) is 28.7 Å². The highest BCUT2D eigenvalue weighted by molar-refractivity contribution is 9.10. The van der Waals surface area contributed by atoms with Crippen molar-refractivity contribution < 1.29 is 9.59 Å². The molecule has 4 N–H and O–H groups in total. The lowest BCUT2D eigenvalue weighted by atomic mass is 9.77. The Morgan fingerprint density at radius 3 is 2.32 bits per heavy atom. The summed E-state index contributed by atoms with van der Waals surface area (Å²) < 4.78 is 1.01. The third-order valence-electron chi connectivity index (χ3n) is 4.61. The molecule has 0 radical (unpaired) electrons. The number of carbonyl (C=O) groups excluding carboxylic acids is 2. The Labute approximate surface area is 164 Å². The van der Waals surface area contributed by atoms with Crippen LogP contribution >= 0.6 is 28.3 Å². The molecule has 2 rings (SSSR count). The summed E-state index contributed by atoms with van der Waals surface area (Å²) in [4.78, 5) is 24.1. The number of hydrogen-bond donors (Lipinski definition) is 3. The summed E-state index contributed by atoms with van der Waals surface area (Å²) >= 11 is 3.43. The van der Waals surface area contributed by atoms with Crippen LogP contribution in [0.3, 0.4) is 0 Å². The molecule has 5 nitrogen and oxygen atoms in total. The zero-order valence-corrected chi connectivity index (χ0v) is 17.0. The van der Waals surface area contributed by atoms with E-state index < -0.39 is 6.04 Å². The Balaban J connectivity index is 0.00000312. The van der Waals surface area contributed by atoms with Crippen LogP contribution in [0, 0.1) is 11.8 Å². The summed E-state index contributed by atoms with van der Waals surface area (Å²) in [6, 6.07) is 7.43. The van der Waals surface area contributed by atoms with Gasteiger partial charge in [-0.25, -0.2) is 0 Å². The average Bonchev–Trinajstić information content (AvgIpc) is 2.50. The highest BCUT2D eigenvalue weighted by atomic mass is 79.9. The maximum Gasteiger partial charge on any atom is 0.239 e. The highest BCUT2D eigenvalue weighted by Crippen LogP contribution is 2.37. The Kier molecular flexibility index (Phi) is 8.89. The summed E-state index contributed by atoms with van der Waals surface area (Å²) in [7, 11) is 0. The van der Waals surface area contributed by atoms with E-state index in [-0.39, 0.29) is 42.7 Å². The van der Waals surface area contributed by atoms with Crippen molar-refractivity contribution in [1.29, 1.82) is 0 Å². The molecule has 0 spiro atoms. The molecule has 1 aromatic carbocycles. The van der Waals surface area contributed by atoms with Crippen LogP contribution in [0.5, 0.6) is 0 Å². The van der Waals surface area contributed by atoms with E-state index in [2.05, 4.69) is 26.6 Å². The lowest BCUT2D eigenvalue weighted by Gasteiger charge is -2.34. The average molecular weight is 433 g/mol. The van der Waals surface area contributed by atoms with E-state index in [4.69, 9.17) is 5.73 Å². The third kappa shape index (κ3) is 6.28. The standard InChI is InChI=1S/C18H26BrN3O2.ClH/c1-11(2)16(20)18(24)21-10-15(23)22-17(12-4-3-5-12)13-6-8-14(19)9-7-13;/h6-9,11-12,16-17H,3-5,10,20H2,1-2H3,(H,21,24)(H,22,23);1H/t16-,17?;/m0./s1. The third-order valence-corrected chi connectivity index (χ3v) is 5.14. The Hall–Kier alpha value is -1.11. The van der Waals surface area contributed by atoms with Crippen LogP contribution in [-0.2, 0) is 9.59 Å². The second-order valence-electron chi connectivity index (χ2n) is 6.78. The number of carbonyl (C=O) groups is 2. The van der Waals surface area contributed by atoms with Gasteiger partial charge in [0.15, 0.2) is 0 Å². The van der Waals surface area contributed by atoms with Crippen molar-refractivity contribution in [1.82, 2.24) is 10.6 Å². The van der Waals surface area contributed by atoms with Crippen molar-refractivity contribution in [3.8, 4) is 0 Å². The van der Waals surface area contributed by atoms with Crippen LogP contribution in [0.4, 0.5) is 0 Å². The zero-order chi connectivity index (χ0) is 17.7. The van der Waals surface area contributed by atoms with Crippen LogP contribution in [0.1, 0.15) is 44.7 Å². The predicted molar refractivity (Wildman–Crippen MR) is 105 cm³/mol. The van der Waals surface area contributed by atoms with E-state index >= 15 is 0 Å². The summed E-state index contributed by atoms with van der Waals surface area (Å²) in [6.07, 6.45) is 3.44. The molecule has 0 aromatic heterocycles. The minimum Gasteiger partial charge on any atom is -0.347 e. The summed E-state index contributed by atoms with van der Waals surface area (Å²) in [6.45, 7) is 3.72. The first-order valence-electron chi connectivity index (χ1n) is 8.46. The second kappa shape index (κ2) is 10.1. The molecule has 0 heterocycles. The molecular weight excluding hydrogens is 406 g/mol. The number of benzene rings is 1. The van der Waals surface area contributed by atoms with Crippen molar-refractivity contribution in [3.63, 3.8) is 0 Å². The minimum atomic E-state index is -0.591. The molecule has 140 valence electrons. The predicted octanol–water partition coefficient (Wildman–Crippen LogP) is 2.93. The maximum absolute atomic E-state index is 12.3. The van der Waals surface area contributed by atoms with Gasteiger partial charge >= 0.3 is 0 Å². The van der Waals surface area contributed by atoms with Crippen LogP contribution < -0.4 is 16.4 Å². The molecule has 0 saturated heterocycles. The second-order valence-corrected chi connectivity index (χ2v) is 7.69. The van der Waals surface area contributed by atoms with Gasteiger partial charge in [0.25, 0.3) is 0 Å². The SMILES string of the molecule is CC(C)[C@H](N)C(=O)NCC(=O)NC(c1ccc(Br)cc1)C1CCC1.Cl. The Bertz CT molecular complexity index is 576. The summed E-state index contributed by atoms with van der Waals surface area (Å²) in [5, 5.41) is 5.69. The highest BCUT2D eigenvalue weighted by Gasteiger charge is 2.30. The monoisotopic (exact) mass is 431 g/mol. The van der Waals surface area contributed by atoms with Gasteiger partial charge in [0.05, 0.1) is 18.6 Å². The van der Waals surface area contributed by atoms with Gasteiger partial charge < -0.3 is 16.4 Å². The number of amides is 2. The lowest BCUT2D eigenvalue weighted by molar-refractivity contribution is -0.128. The Morgan fingerprint density at radius 2 is 1.84 bits per heavy atom. The molecular formula is C18H27BrClN3O2. The molecule has 1 aromatic rings. The largest absolute Gasteiger partial charge is 0.347 e. The molecule has 1 fully saturated rings. The molecule has 25 heavy (non-hydrogen) atoms. The minimum absolute atomic E-state index is 0. The van der Waals surface area contributed by atoms with Crippen molar-refractivity contribution in [2.45, 2.75) is 45.2 Å². The number of halogens is 2. The zero-order valence-electron chi connectivity index (χ0n) is 14.6. The first kappa shape index (κ1) is 21.9. The van der Waals surface area contributed by atoms with E-state index in [1.807, 2.05) is 38.1 Å². The van der Waals surface area contributed by atoms with Crippen molar-refractivity contribution >= 4 is 40.2 Å². The molecule has 0 bridgehead atoms. The van der Waals surface area contributed by atoms with E-state index in [9.17, 15) is 9.59 Å². The fourth-order valence-electron chi connectivity index (χ4n) is 2.73. The lowest BCUT2D eigenvalue weighted by Crippen LogP contribution is -2.48. The molecule has 1 aliphatic carbocycles. The topological polar surface area (TPSA) is 84.2 Å². The fraction of sp³-hybridized carbons (Fsp3) is 0.556. The van der Waals surface area contributed by atoms with Crippen LogP contribution in [0.25, 0.3) is 0 Å². The maximum atomic E-state index is 12.3. The molecule has 1 unspecified atom stereocenters. The molecule has 2 atom stereocenters. The van der Waals surface area contributed by atoms with Gasteiger partial charge in [-0.1, -0.05) is 48.3 Å². The number of hydrogen-bond acceptors (Lipinski definition) is 3. The quantitative estimate of drug-likeness (QED) is 0.619. The fourth-order valence-corrected chi connectivity index (χ4v) is 2.99. The molecule has 1 aliphatic rings. The van der Waals surface area contributed by atoms with Gasteiger partial charge in [0.1, 0.15) is 0 Å². The smallest absolute Gasteiger partial charge is 0.239 e. The Morgan fingerprint density at radius 1 is 1.24 bits per heavy atom. The van der Waals surface area contributed by atoms with Gasteiger partial charge in [-0.2, -0.15) is 0 Å². The van der Waals surface area contributed by atoms with Gasteiger partial charge in [0, 0.05) is 4.47 Å². The summed E-state index contributed by atoms with van der Waals surface area (Å²) in [5.74, 6) is 0.0328. The first-order valence-corrected chi connectivity index (χ1v) is 9.26.